The molecule has 1 aliphatic carbocycles. The molecule has 1 atom stereocenters. The number of thioether (sulfide) groups is 1. The summed E-state index contributed by atoms with van der Waals surface area (Å²) < 4.78 is 12.2. The van der Waals surface area contributed by atoms with Gasteiger partial charge in [-0.15, -0.1) is 23.1 Å². The number of hydrogen-bond donors (Lipinski definition) is 1. The van der Waals surface area contributed by atoms with Crippen molar-refractivity contribution in [3.63, 3.8) is 0 Å². The van der Waals surface area contributed by atoms with Crippen LogP contribution < -0.4 is 10.1 Å². The number of fused-ring (bicyclic) bond motifs is 2. The number of hydrogen-bond acceptors (Lipinski definition) is 11. The number of nitrogens with zero attached hydrogens (tertiary/aromatic N) is 3. The van der Waals surface area contributed by atoms with Gasteiger partial charge in [0.25, 0.3) is 11.6 Å². The standard InChI is InChI=1S/C27H30N4O8S3/c1-4-38-23(34)12-30-18-9-7-16(31(36)37)11-20(18)42-27(30)29-22(33)14-40-13-21(32)28-25-24(26(35)39-5-2)17-8-6-15(3)10-19(17)41-25/h7,9,11,15H,4-6,8,10,12-14H2,1-3H3,(H,28,32). The Labute approximate surface area is 253 Å². The van der Waals surface area contributed by atoms with Crippen molar-refractivity contribution in [1.82, 2.24) is 4.57 Å². The molecule has 224 valence electrons. The van der Waals surface area contributed by atoms with Gasteiger partial charge in [-0.25, -0.2) is 4.79 Å². The predicted molar refractivity (Wildman–Crippen MR) is 161 cm³/mol. The van der Waals surface area contributed by atoms with Gasteiger partial charge in [-0.1, -0.05) is 18.3 Å². The second-order valence-electron chi connectivity index (χ2n) is 9.51. The number of thiazole rings is 1. The number of carbonyl (C=O) groups excluding carboxylic acids is 4. The lowest BCUT2D eigenvalue weighted by Gasteiger charge is -2.18. The van der Waals surface area contributed by atoms with Gasteiger partial charge in [0.15, 0.2) is 4.80 Å². The normalized spacial score (nSPS) is 14.8. The van der Waals surface area contributed by atoms with Crippen molar-refractivity contribution in [1.29, 1.82) is 0 Å². The summed E-state index contributed by atoms with van der Waals surface area (Å²) in [7, 11) is 0. The van der Waals surface area contributed by atoms with Gasteiger partial charge in [-0.3, -0.25) is 24.5 Å². The Hall–Kier alpha value is -3.56. The van der Waals surface area contributed by atoms with Gasteiger partial charge in [0.05, 0.1) is 45.4 Å². The fourth-order valence-electron chi connectivity index (χ4n) is 4.54. The molecule has 0 aliphatic heterocycles. The lowest BCUT2D eigenvalue weighted by molar-refractivity contribution is -0.384. The summed E-state index contributed by atoms with van der Waals surface area (Å²) in [5.41, 5.74) is 1.74. The summed E-state index contributed by atoms with van der Waals surface area (Å²) in [5.74, 6) is -1.58. The maximum absolute atomic E-state index is 12.8. The fraction of sp³-hybridized carbons (Fsp3) is 0.444. The number of aromatic nitrogens is 1. The van der Waals surface area contributed by atoms with Crippen LogP contribution in [-0.2, 0) is 43.2 Å². The number of nitro benzene ring substituents is 1. The Morgan fingerprint density at radius 3 is 2.64 bits per heavy atom. The maximum Gasteiger partial charge on any atom is 0.341 e. The first kappa shape index (κ1) is 31.4. The molecule has 12 nitrogen and oxygen atoms in total. The Balaban J connectivity index is 1.46. The molecule has 15 heteroatoms. The van der Waals surface area contributed by atoms with Crippen LogP contribution in [0.4, 0.5) is 10.7 Å². The van der Waals surface area contributed by atoms with E-state index in [1.54, 1.807) is 13.8 Å². The highest BCUT2D eigenvalue weighted by atomic mass is 32.2. The quantitative estimate of drug-likeness (QED) is 0.184. The van der Waals surface area contributed by atoms with Crippen LogP contribution in [0.1, 0.15) is 48.0 Å². The van der Waals surface area contributed by atoms with Crippen molar-refractivity contribution >= 4 is 79.1 Å². The van der Waals surface area contributed by atoms with Crippen molar-refractivity contribution in [2.45, 2.75) is 46.6 Å². The SMILES string of the molecule is CCOC(=O)Cn1c(=NC(=O)CSCC(=O)Nc2sc3c(c2C(=O)OCC)CCC(C)C3)sc2cc([N+](=O)[O-])ccc21. The minimum atomic E-state index is -0.542. The second kappa shape index (κ2) is 14.1. The lowest BCUT2D eigenvalue weighted by atomic mass is 9.88. The molecule has 1 N–H and O–H groups in total. The molecule has 2 aromatic heterocycles. The van der Waals surface area contributed by atoms with Gasteiger partial charge < -0.3 is 19.4 Å². The number of amides is 2. The van der Waals surface area contributed by atoms with Crippen molar-refractivity contribution in [3.8, 4) is 0 Å². The number of nitrogens with one attached hydrogen (secondary N) is 1. The average molecular weight is 635 g/mol. The van der Waals surface area contributed by atoms with Crippen molar-refractivity contribution in [3.05, 3.63) is 49.1 Å². The number of esters is 2. The van der Waals surface area contributed by atoms with E-state index in [0.29, 0.717) is 26.7 Å². The van der Waals surface area contributed by atoms with Crippen LogP contribution in [0.5, 0.6) is 0 Å². The average Bonchev–Trinajstić information content (AvgIpc) is 3.45. The monoisotopic (exact) mass is 634 g/mol. The van der Waals surface area contributed by atoms with E-state index in [4.69, 9.17) is 9.47 Å². The minimum absolute atomic E-state index is 0.0517. The highest BCUT2D eigenvalue weighted by molar-refractivity contribution is 8.00. The summed E-state index contributed by atoms with van der Waals surface area (Å²) in [6, 6.07) is 4.17. The molecule has 3 aromatic rings. The Morgan fingerprint density at radius 2 is 1.93 bits per heavy atom. The van der Waals surface area contributed by atoms with E-state index < -0.39 is 22.8 Å². The first-order valence-corrected chi connectivity index (χ1v) is 16.1. The minimum Gasteiger partial charge on any atom is -0.465 e. The zero-order chi connectivity index (χ0) is 30.4. The van der Waals surface area contributed by atoms with Crippen molar-refractivity contribution in [2.24, 2.45) is 10.9 Å². The van der Waals surface area contributed by atoms with Crippen LogP contribution in [0.15, 0.2) is 23.2 Å². The maximum atomic E-state index is 12.8. The Bertz CT molecular complexity index is 1610. The molecule has 1 aliphatic rings. The van der Waals surface area contributed by atoms with Crippen LogP contribution in [0.3, 0.4) is 0 Å². The van der Waals surface area contributed by atoms with Crippen LogP contribution in [0.25, 0.3) is 10.2 Å². The number of ether oxygens (including phenoxy) is 2. The largest absolute Gasteiger partial charge is 0.465 e. The predicted octanol–water partition coefficient (Wildman–Crippen LogP) is 4.34. The van der Waals surface area contributed by atoms with Crippen molar-refractivity contribution in [2.75, 3.05) is 30.0 Å². The number of carbonyl (C=O) groups is 4. The smallest absolute Gasteiger partial charge is 0.341 e. The number of anilines is 1. The van der Waals surface area contributed by atoms with Gasteiger partial charge in [0, 0.05) is 17.0 Å². The topological polar surface area (TPSA) is 159 Å². The van der Waals surface area contributed by atoms with E-state index in [2.05, 4.69) is 17.2 Å². The molecule has 0 radical (unpaired) electrons. The number of benzene rings is 1. The van der Waals surface area contributed by atoms with Crippen molar-refractivity contribution < 1.29 is 33.6 Å². The number of non-ortho nitro benzene ring substituents is 1. The van der Waals surface area contributed by atoms with E-state index >= 15 is 0 Å². The van der Waals surface area contributed by atoms with Gasteiger partial charge in [-0.2, -0.15) is 4.99 Å². The lowest BCUT2D eigenvalue weighted by Crippen LogP contribution is -2.23. The third-order valence-corrected chi connectivity index (χ3v) is 9.52. The third kappa shape index (κ3) is 7.44. The molecule has 0 fully saturated rings. The van der Waals surface area contributed by atoms with Crippen LogP contribution in [0, 0.1) is 16.0 Å². The van der Waals surface area contributed by atoms with E-state index in [1.165, 1.54) is 34.1 Å². The molecule has 1 unspecified atom stereocenters. The number of rotatable bonds is 11. The Morgan fingerprint density at radius 1 is 1.17 bits per heavy atom. The van der Waals surface area contributed by atoms with E-state index in [9.17, 15) is 29.3 Å². The zero-order valence-corrected chi connectivity index (χ0v) is 25.7. The molecular formula is C27H30N4O8S3. The summed E-state index contributed by atoms with van der Waals surface area (Å²) in [4.78, 5) is 66.5. The summed E-state index contributed by atoms with van der Waals surface area (Å²) in [5, 5.41) is 14.5. The van der Waals surface area contributed by atoms with Crippen LogP contribution in [0.2, 0.25) is 0 Å². The molecule has 0 bridgehead atoms. The second-order valence-corrected chi connectivity index (χ2v) is 12.6. The van der Waals surface area contributed by atoms with Crippen LogP contribution >= 0.6 is 34.4 Å². The summed E-state index contributed by atoms with van der Waals surface area (Å²) in [6.45, 7) is 5.74. The number of nitro groups is 1. The molecule has 4 rings (SSSR count). The summed E-state index contributed by atoms with van der Waals surface area (Å²) in [6.07, 6.45) is 2.55. The van der Waals surface area contributed by atoms with E-state index in [-0.39, 0.29) is 47.7 Å². The number of thiophene rings is 1. The Kier molecular flexibility index (Phi) is 10.5. The summed E-state index contributed by atoms with van der Waals surface area (Å²) >= 11 is 3.49. The molecule has 2 amide bonds. The fourth-order valence-corrected chi connectivity index (χ4v) is 7.63. The van der Waals surface area contributed by atoms with Gasteiger partial charge in [0.2, 0.25) is 5.91 Å². The third-order valence-electron chi connectivity index (χ3n) is 6.39. The van der Waals surface area contributed by atoms with Gasteiger partial charge in [0.1, 0.15) is 11.5 Å². The molecule has 0 spiro atoms. The highest BCUT2D eigenvalue weighted by Crippen LogP contribution is 2.40. The first-order chi connectivity index (χ1) is 20.1. The molecule has 1 aromatic carbocycles. The van der Waals surface area contributed by atoms with E-state index in [1.807, 2.05) is 0 Å². The molecule has 0 saturated heterocycles. The van der Waals surface area contributed by atoms with Gasteiger partial charge >= 0.3 is 11.9 Å². The highest BCUT2D eigenvalue weighted by Gasteiger charge is 2.29. The first-order valence-electron chi connectivity index (χ1n) is 13.3. The van der Waals surface area contributed by atoms with Gasteiger partial charge in [-0.05, 0) is 50.7 Å². The van der Waals surface area contributed by atoms with E-state index in [0.717, 1.165) is 52.8 Å². The molecule has 0 saturated carbocycles. The molecular weight excluding hydrogens is 605 g/mol. The molecule has 42 heavy (non-hydrogen) atoms. The molecule has 2 heterocycles. The zero-order valence-electron chi connectivity index (χ0n) is 23.3. The van der Waals surface area contributed by atoms with Crippen LogP contribution in [-0.4, -0.2) is 58.0 Å².